The van der Waals surface area contributed by atoms with Gasteiger partial charge in [-0.15, -0.1) is 0 Å². The Hall–Kier alpha value is -2.05. The van der Waals surface area contributed by atoms with Crippen molar-refractivity contribution < 1.29 is 19.4 Å². The fourth-order valence-electron chi connectivity index (χ4n) is 4.03. The lowest BCUT2D eigenvalue weighted by molar-refractivity contribution is -0.142. The van der Waals surface area contributed by atoms with Crippen molar-refractivity contribution in [2.45, 2.75) is 70.9 Å². The van der Waals surface area contributed by atoms with Gasteiger partial charge in [0.25, 0.3) is 0 Å². The van der Waals surface area contributed by atoms with Crippen LogP contribution in [0.2, 0.25) is 0 Å². The van der Waals surface area contributed by atoms with Crippen molar-refractivity contribution in [2.75, 3.05) is 6.54 Å². The summed E-state index contributed by atoms with van der Waals surface area (Å²) in [5.41, 5.74) is 0.301. The summed E-state index contributed by atoms with van der Waals surface area (Å²) in [6.07, 6.45) is 8.76. The van der Waals surface area contributed by atoms with E-state index in [2.05, 4.69) is 14.9 Å². The summed E-state index contributed by atoms with van der Waals surface area (Å²) in [7, 11) is 0. The van der Waals surface area contributed by atoms with E-state index in [1.807, 2.05) is 12.5 Å². The van der Waals surface area contributed by atoms with E-state index in [4.69, 9.17) is 4.74 Å². The van der Waals surface area contributed by atoms with Gasteiger partial charge in [-0.1, -0.05) is 0 Å². The number of alkyl carbamates (subject to hydrolysis) is 1. The fourth-order valence-corrected chi connectivity index (χ4v) is 4.03. The Labute approximate surface area is 160 Å². The van der Waals surface area contributed by atoms with Gasteiger partial charge >= 0.3 is 12.1 Å². The molecule has 1 aromatic rings. The maximum Gasteiger partial charge on any atom is 0.407 e. The standard InChI is InChI=1S/C20H31N3O4/c1-20(2,3)27-19(26)21-6-4-5-13(18(24)25)8-16-11-23(12-22-16)17-9-14-7-15(14)10-17/h11-15,17H,4-10H2,1-3H3,(H,21,26)(H,24,25)/t13?,14-,15+,17+. The molecule has 150 valence electrons. The van der Waals surface area contributed by atoms with Gasteiger partial charge in [0, 0.05) is 25.2 Å². The molecule has 0 aliphatic heterocycles. The first-order valence-corrected chi connectivity index (χ1v) is 9.93. The van der Waals surface area contributed by atoms with Crippen LogP contribution in [0.3, 0.4) is 0 Å². The number of hydrogen-bond acceptors (Lipinski definition) is 4. The number of carboxylic acids is 1. The van der Waals surface area contributed by atoms with Crippen LogP contribution >= 0.6 is 0 Å². The lowest BCUT2D eigenvalue weighted by Crippen LogP contribution is -2.33. The third kappa shape index (κ3) is 5.71. The Kier molecular flexibility index (Phi) is 5.77. The summed E-state index contributed by atoms with van der Waals surface area (Å²) >= 11 is 0. The predicted molar refractivity (Wildman–Crippen MR) is 100 cm³/mol. The monoisotopic (exact) mass is 377 g/mol. The first kappa shape index (κ1) is 19.7. The number of carboxylic acid groups (broad SMARTS) is 1. The zero-order valence-corrected chi connectivity index (χ0v) is 16.5. The van der Waals surface area contributed by atoms with Crippen molar-refractivity contribution in [3.63, 3.8) is 0 Å². The molecule has 1 aromatic heterocycles. The molecule has 7 heteroatoms. The molecule has 4 atom stereocenters. The average Bonchev–Trinajstić information content (AvgIpc) is 2.96. The van der Waals surface area contributed by atoms with Crippen LogP contribution in [-0.4, -0.2) is 38.9 Å². The molecule has 2 fully saturated rings. The highest BCUT2D eigenvalue weighted by Gasteiger charge is 2.46. The van der Waals surface area contributed by atoms with Gasteiger partial charge in [0.05, 0.1) is 17.9 Å². The van der Waals surface area contributed by atoms with Gasteiger partial charge in [-0.05, 0) is 64.7 Å². The molecule has 1 amide bonds. The molecule has 2 N–H and O–H groups in total. The summed E-state index contributed by atoms with van der Waals surface area (Å²) < 4.78 is 7.34. The number of carbonyl (C=O) groups excluding carboxylic acids is 1. The van der Waals surface area contributed by atoms with E-state index in [-0.39, 0.29) is 0 Å². The predicted octanol–water partition coefficient (Wildman–Crippen LogP) is 3.40. The van der Waals surface area contributed by atoms with Crippen LogP contribution in [0.15, 0.2) is 12.5 Å². The van der Waals surface area contributed by atoms with Crippen LogP contribution in [0.1, 0.15) is 64.6 Å². The molecule has 27 heavy (non-hydrogen) atoms. The lowest BCUT2D eigenvalue weighted by atomic mass is 9.98. The summed E-state index contributed by atoms with van der Waals surface area (Å²) in [6.45, 7) is 5.82. The molecule has 3 rings (SSSR count). The first-order valence-electron chi connectivity index (χ1n) is 9.93. The van der Waals surface area contributed by atoms with Crippen LogP contribution < -0.4 is 5.32 Å². The normalized spacial score (nSPS) is 24.9. The quantitative estimate of drug-likeness (QED) is 0.677. The molecule has 2 aliphatic rings. The second-order valence-electron chi connectivity index (χ2n) is 9.00. The molecule has 0 saturated heterocycles. The molecular formula is C20H31N3O4. The van der Waals surface area contributed by atoms with E-state index in [0.717, 1.165) is 17.5 Å². The number of imidazole rings is 1. The third-order valence-corrected chi connectivity index (χ3v) is 5.50. The van der Waals surface area contributed by atoms with Crippen molar-refractivity contribution >= 4 is 12.1 Å². The summed E-state index contributed by atoms with van der Waals surface area (Å²) in [5, 5.41) is 12.2. The molecule has 1 unspecified atom stereocenters. The Balaban J connectivity index is 1.42. The zero-order chi connectivity index (χ0) is 19.6. The van der Waals surface area contributed by atoms with E-state index in [9.17, 15) is 14.7 Å². The molecule has 0 bridgehead atoms. The highest BCUT2D eigenvalue weighted by molar-refractivity contribution is 5.70. The molecule has 2 aliphatic carbocycles. The van der Waals surface area contributed by atoms with Gasteiger partial charge < -0.3 is 19.7 Å². The van der Waals surface area contributed by atoms with Crippen molar-refractivity contribution in [2.24, 2.45) is 17.8 Å². The van der Waals surface area contributed by atoms with Crippen molar-refractivity contribution in [1.29, 1.82) is 0 Å². The van der Waals surface area contributed by atoms with Crippen molar-refractivity contribution in [3.05, 3.63) is 18.2 Å². The minimum atomic E-state index is -0.816. The van der Waals surface area contributed by atoms with E-state index in [1.165, 1.54) is 19.3 Å². The number of rotatable bonds is 8. The van der Waals surface area contributed by atoms with Crippen LogP contribution in [0.25, 0.3) is 0 Å². The molecule has 0 spiro atoms. The van der Waals surface area contributed by atoms with Crippen LogP contribution in [-0.2, 0) is 16.0 Å². The van der Waals surface area contributed by atoms with Crippen molar-refractivity contribution in [3.8, 4) is 0 Å². The van der Waals surface area contributed by atoms with Crippen LogP contribution in [0.5, 0.6) is 0 Å². The SMILES string of the molecule is CC(C)(C)OC(=O)NCCCC(Cc1cn([C@H]2C[C@H]3C[C@H]3C2)cn1)C(=O)O. The first-order chi connectivity index (χ1) is 12.7. The number of aliphatic carboxylic acids is 1. The van der Waals surface area contributed by atoms with E-state index >= 15 is 0 Å². The maximum atomic E-state index is 11.6. The minimum Gasteiger partial charge on any atom is -0.481 e. The lowest BCUT2D eigenvalue weighted by Gasteiger charge is -2.19. The highest BCUT2D eigenvalue weighted by Crippen LogP contribution is 2.55. The maximum absolute atomic E-state index is 11.6. The number of aromatic nitrogens is 2. The average molecular weight is 377 g/mol. The number of amides is 1. The van der Waals surface area contributed by atoms with Gasteiger partial charge in [0.2, 0.25) is 0 Å². The Bertz CT molecular complexity index is 669. The van der Waals surface area contributed by atoms with E-state index in [1.54, 1.807) is 20.8 Å². The molecule has 1 heterocycles. The second kappa shape index (κ2) is 7.90. The summed E-state index contributed by atoms with van der Waals surface area (Å²) in [6, 6.07) is 0.538. The van der Waals surface area contributed by atoms with Gasteiger partial charge in [0.1, 0.15) is 5.60 Å². The van der Waals surface area contributed by atoms with E-state index < -0.39 is 23.6 Å². The largest absolute Gasteiger partial charge is 0.481 e. The van der Waals surface area contributed by atoms with Gasteiger partial charge in [-0.25, -0.2) is 9.78 Å². The molecular weight excluding hydrogens is 346 g/mol. The number of carbonyl (C=O) groups is 2. The number of hydrogen-bond donors (Lipinski definition) is 2. The molecule has 0 radical (unpaired) electrons. The van der Waals surface area contributed by atoms with Crippen LogP contribution in [0.4, 0.5) is 4.79 Å². The summed E-state index contributed by atoms with van der Waals surface area (Å²) in [5.74, 6) is 0.505. The van der Waals surface area contributed by atoms with Gasteiger partial charge in [-0.2, -0.15) is 0 Å². The van der Waals surface area contributed by atoms with Crippen LogP contribution in [0, 0.1) is 17.8 Å². The minimum absolute atomic E-state index is 0.401. The Morgan fingerprint density at radius 2 is 2.04 bits per heavy atom. The topological polar surface area (TPSA) is 93.5 Å². The molecule has 2 saturated carbocycles. The van der Waals surface area contributed by atoms with Crippen molar-refractivity contribution in [1.82, 2.24) is 14.9 Å². The number of nitrogens with one attached hydrogen (secondary N) is 1. The number of ether oxygens (including phenoxy) is 1. The smallest absolute Gasteiger partial charge is 0.407 e. The third-order valence-electron chi connectivity index (χ3n) is 5.50. The van der Waals surface area contributed by atoms with E-state index in [0.29, 0.717) is 31.8 Å². The zero-order valence-electron chi connectivity index (χ0n) is 16.5. The van der Waals surface area contributed by atoms with Gasteiger partial charge in [0.15, 0.2) is 0 Å². The fraction of sp³-hybridized carbons (Fsp3) is 0.750. The number of fused-ring (bicyclic) bond motifs is 1. The van der Waals surface area contributed by atoms with Gasteiger partial charge in [-0.3, -0.25) is 4.79 Å². The molecule has 0 aromatic carbocycles. The molecule has 7 nitrogen and oxygen atoms in total. The Morgan fingerprint density at radius 1 is 1.33 bits per heavy atom. The summed E-state index contributed by atoms with van der Waals surface area (Å²) in [4.78, 5) is 27.6. The highest BCUT2D eigenvalue weighted by atomic mass is 16.6. The second-order valence-corrected chi connectivity index (χ2v) is 9.00. The Morgan fingerprint density at radius 3 is 2.67 bits per heavy atom. The number of nitrogens with zero attached hydrogens (tertiary/aromatic N) is 2.